The molecule has 1 aliphatic rings. The smallest absolute Gasteiger partial charge is 0.306 e. The van der Waals surface area contributed by atoms with Crippen molar-refractivity contribution in [2.75, 3.05) is 0 Å². The van der Waals surface area contributed by atoms with Gasteiger partial charge < -0.3 is 14.8 Å². The highest BCUT2D eigenvalue weighted by molar-refractivity contribution is 5.99. The fourth-order valence-corrected chi connectivity index (χ4v) is 3.19. The standard InChI is InChI=1S/C17H19NO4/c1-9-4-3-5-13-10(2)15(22-14(9)13)16(19)18-12-7-6-11(8-12)17(20)21/h3-5,11-12H,6-8H2,1-2H3,(H,18,19)(H,20,21)/t11-,12+/m0/s1. The molecular formula is C17H19NO4. The lowest BCUT2D eigenvalue weighted by Crippen LogP contribution is -2.33. The molecular weight excluding hydrogens is 282 g/mol. The number of amides is 1. The summed E-state index contributed by atoms with van der Waals surface area (Å²) in [6.07, 6.45) is 1.79. The van der Waals surface area contributed by atoms with Crippen LogP contribution in [0.25, 0.3) is 11.0 Å². The molecule has 1 heterocycles. The number of hydrogen-bond donors (Lipinski definition) is 2. The highest BCUT2D eigenvalue weighted by Crippen LogP contribution is 2.29. The minimum absolute atomic E-state index is 0.0951. The molecule has 1 aromatic carbocycles. The summed E-state index contributed by atoms with van der Waals surface area (Å²) in [7, 11) is 0. The van der Waals surface area contributed by atoms with Gasteiger partial charge >= 0.3 is 5.97 Å². The number of carbonyl (C=O) groups excluding carboxylic acids is 1. The van der Waals surface area contributed by atoms with Gasteiger partial charge in [0, 0.05) is 17.0 Å². The van der Waals surface area contributed by atoms with Crippen LogP contribution >= 0.6 is 0 Å². The second-order valence-corrected chi connectivity index (χ2v) is 6.03. The van der Waals surface area contributed by atoms with Gasteiger partial charge in [0.2, 0.25) is 0 Å². The molecule has 0 aliphatic heterocycles. The van der Waals surface area contributed by atoms with E-state index in [0.717, 1.165) is 22.1 Å². The van der Waals surface area contributed by atoms with Crippen LogP contribution in [-0.4, -0.2) is 23.0 Å². The topological polar surface area (TPSA) is 79.5 Å². The zero-order valence-electron chi connectivity index (χ0n) is 12.7. The molecule has 2 aromatic rings. The molecule has 1 aliphatic carbocycles. The molecule has 1 amide bonds. The van der Waals surface area contributed by atoms with Crippen molar-refractivity contribution in [1.82, 2.24) is 5.32 Å². The highest BCUT2D eigenvalue weighted by atomic mass is 16.4. The van der Waals surface area contributed by atoms with Crippen molar-refractivity contribution >= 4 is 22.8 Å². The summed E-state index contributed by atoms with van der Waals surface area (Å²) in [5.74, 6) is -1.08. The number of para-hydroxylation sites is 1. The number of hydrogen-bond acceptors (Lipinski definition) is 3. The predicted molar refractivity (Wildman–Crippen MR) is 81.9 cm³/mol. The van der Waals surface area contributed by atoms with Crippen molar-refractivity contribution < 1.29 is 19.1 Å². The average Bonchev–Trinajstić information content (AvgIpc) is 3.05. The molecule has 1 fully saturated rings. The number of furan rings is 1. The summed E-state index contributed by atoms with van der Waals surface area (Å²) >= 11 is 0. The van der Waals surface area contributed by atoms with E-state index in [1.165, 1.54) is 0 Å². The summed E-state index contributed by atoms with van der Waals surface area (Å²) in [5, 5.41) is 12.9. The van der Waals surface area contributed by atoms with Crippen molar-refractivity contribution in [3.8, 4) is 0 Å². The van der Waals surface area contributed by atoms with Crippen molar-refractivity contribution in [3.63, 3.8) is 0 Å². The second-order valence-electron chi connectivity index (χ2n) is 6.03. The monoisotopic (exact) mass is 301 g/mol. The Morgan fingerprint density at radius 2 is 2.05 bits per heavy atom. The van der Waals surface area contributed by atoms with Crippen LogP contribution in [0.4, 0.5) is 0 Å². The Kier molecular flexibility index (Phi) is 3.64. The van der Waals surface area contributed by atoms with E-state index in [0.29, 0.717) is 25.0 Å². The molecule has 3 rings (SSSR count). The van der Waals surface area contributed by atoms with Gasteiger partial charge in [-0.3, -0.25) is 9.59 Å². The quantitative estimate of drug-likeness (QED) is 0.913. The highest BCUT2D eigenvalue weighted by Gasteiger charge is 2.31. The SMILES string of the molecule is Cc1c(C(=O)N[C@@H]2CC[C@H](C(=O)O)C2)oc2c(C)cccc12. The van der Waals surface area contributed by atoms with Gasteiger partial charge in [-0.25, -0.2) is 0 Å². The minimum Gasteiger partial charge on any atom is -0.481 e. The number of benzene rings is 1. The lowest BCUT2D eigenvalue weighted by Gasteiger charge is -2.11. The Hall–Kier alpha value is -2.30. The Morgan fingerprint density at radius 1 is 1.27 bits per heavy atom. The zero-order valence-corrected chi connectivity index (χ0v) is 12.7. The van der Waals surface area contributed by atoms with Crippen LogP contribution in [0, 0.1) is 19.8 Å². The third-order valence-electron chi connectivity index (χ3n) is 4.48. The molecule has 2 atom stereocenters. The zero-order chi connectivity index (χ0) is 15.9. The van der Waals surface area contributed by atoms with Gasteiger partial charge in [-0.05, 0) is 38.7 Å². The van der Waals surface area contributed by atoms with Gasteiger partial charge in [-0.2, -0.15) is 0 Å². The van der Waals surface area contributed by atoms with Crippen LogP contribution in [0.5, 0.6) is 0 Å². The molecule has 0 radical (unpaired) electrons. The lowest BCUT2D eigenvalue weighted by atomic mass is 10.1. The molecule has 0 unspecified atom stereocenters. The molecule has 5 heteroatoms. The van der Waals surface area contributed by atoms with Crippen LogP contribution < -0.4 is 5.32 Å². The molecule has 116 valence electrons. The normalized spacial score (nSPS) is 21.2. The van der Waals surface area contributed by atoms with Crippen LogP contribution in [0.15, 0.2) is 22.6 Å². The van der Waals surface area contributed by atoms with Crippen LogP contribution in [0.2, 0.25) is 0 Å². The Labute approximate surface area is 128 Å². The number of carboxylic acid groups (broad SMARTS) is 1. The van der Waals surface area contributed by atoms with E-state index < -0.39 is 5.97 Å². The van der Waals surface area contributed by atoms with E-state index in [4.69, 9.17) is 9.52 Å². The molecule has 1 aromatic heterocycles. The Morgan fingerprint density at radius 3 is 2.68 bits per heavy atom. The number of fused-ring (bicyclic) bond motifs is 1. The van der Waals surface area contributed by atoms with E-state index in [1.54, 1.807) is 0 Å². The lowest BCUT2D eigenvalue weighted by molar-refractivity contribution is -0.141. The van der Waals surface area contributed by atoms with Crippen LogP contribution in [-0.2, 0) is 4.79 Å². The first-order chi connectivity index (χ1) is 10.5. The van der Waals surface area contributed by atoms with E-state index in [9.17, 15) is 9.59 Å². The van der Waals surface area contributed by atoms with Gasteiger partial charge in [0.15, 0.2) is 5.76 Å². The van der Waals surface area contributed by atoms with Crippen LogP contribution in [0.1, 0.15) is 40.9 Å². The maximum Gasteiger partial charge on any atom is 0.306 e. The minimum atomic E-state index is -0.785. The molecule has 0 bridgehead atoms. The average molecular weight is 301 g/mol. The Bertz CT molecular complexity index is 746. The summed E-state index contributed by atoms with van der Waals surface area (Å²) in [6, 6.07) is 5.73. The van der Waals surface area contributed by atoms with Crippen molar-refractivity contribution in [3.05, 3.63) is 35.1 Å². The largest absolute Gasteiger partial charge is 0.481 e. The summed E-state index contributed by atoms with van der Waals surface area (Å²) < 4.78 is 5.75. The Balaban J connectivity index is 1.80. The first-order valence-electron chi connectivity index (χ1n) is 7.49. The van der Waals surface area contributed by atoms with E-state index in [2.05, 4.69) is 5.32 Å². The maximum absolute atomic E-state index is 12.4. The third kappa shape index (κ3) is 2.47. The molecule has 1 saturated carbocycles. The van der Waals surface area contributed by atoms with E-state index in [1.807, 2.05) is 32.0 Å². The summed E-state index contributed by atoms with van der Waals surface area (Å²) in [4.78, 5) is 23.4. The third-order valence-corrected chi connectivity index (χ3v) is 4.48. The number of aliphatic carboxylic acids is 1. The molecule has 0 saturated heterocycles. The maximum atomic E-state index is 12.4. The van der Waals surface area contributed by atoms with Gasteiger partial charge in [-0.1, -0.05) is 18.2 Å². The fraction of sp³-hybridized carbons (Fsp3) is 0.412. The van der Waals surface area contributed by atoms with E-state index in [-0.39, 0.29) is 17.9 Å². The molecule has 0 spiro atoms. The van der Waals surface area contributed by atoms with Gasteiger partial charge in [0.05, 0.1) is 5.92 Å². The molecule has 5 nitrogen and oxygen atoms in total. The van der Waals surface area contributed by atoms with E-state index >= 15 is 0 Å². The van der Waals surface area contributed by atoms with Crippen molar-refractivity contribution in [2.24, 2.45) is 5.92 Å². The summed E-state index contributed by atoms with van der Waals surface area (Å²) in [6.45, 7) is 3.82. The number of aryl methyl sites for hydroxylation is 2. The van der Waals surface area contributed by atoms with Crippen molar-refractivity contribution in [1.29, 1.82) is 0 Å². The van der Waals surface area contributed by atoms with Gasteiger partial charge in [-0.15, -0.1) is 0 Å². The number of carboxylic acids is 1. The molecule has 22 heavy (non-hydrogen) atoms. The number of rotatable bonds is 3. The number of carbonyl (C=O) groups is 2. The predicted octanol–water partition coefficient (Wildman–Crippen LogP) is 3.03. The first kappa shape index (κ1) is 14.6. The fourth-order valence-electron chi connectivity index (χ4n) is 3.19. The van der Waals surface area contributed by atoms with Crippen molar-refractivity contribution in [2.45, 2.75) is 39.2 Å². The molecule has 2 N–H and O–H groups in total. The van der Waals surface area contributed by atoms with Gasteiger partial charge in [0.1, 0.15) is 5.58 Å². The first-order valence-corrected chi connectivity index (χ1v) is 7.49. The van der Waals surface area contributed by atoms with Crippen LogP contribution in [0.3, 0.4) is 0 Å². The summed E-state index contributed by atoms with van der Waals surface area (Å²) in [5.41, 5.74) is 2.55. The second kappa shape index (κ2) is 5.48. The number of nitrogens with one attached hydrogen (secondary N) is 1. The van der Waals surface area contributed by atoms with Gasteiger partial charge in [0.25, 0.3) is 5.91 Å².